The lowest BCUT2D eigenvalue weighted by atomic mass is 9.88. The zero-order chi connectivity index (χ0) is 12.6. The van der Waals surface area contributed by atoms with Crippen molar-refractivity contribution in [1.82, 2.24) is 15.5 Å². The molecular formula is C13H16N4O. The van der Waals surface area contributed by atoms with Crippen molar-refractivity contribution >= 4 is 22.5 Å². The Morgan fingerprint density at radius 1 is 1.50 bits per heavy atom. The number of fused-ring (bicyclic) bond motifs is 1. The van der Waals surface area contributed by atoms with Gasteiger partial charge in [-0.15, -0.1) is 0 Å². The Morgan fingerprint density at radius 3 is 3.17 bits per heavy atom. The number of H-pyrrole nitrogens is 1. The molecule has 1 saturated heterocycles. The average molecular weight is 244 g/mol. The highest BCUT2D eigenvalue weighted by atomic mass is 16.2. The van der Waals surface area contributed by atoms with Crippen LogP contribution in [0.3, 0.4) is 0 Å². The SMILES string of the molecule is CC1(C(=O)Nc2cccc3[nH]ncc23)CCNC1. The molecule has 5 heteroatoms. The van der Waals surface area contributed by atoms with Crippen LogP contribution in [0.2, 0.25) is 0 Å². The highest BCUT2D eigenvalue weighted by molar-refractivity contribution is 6.03. The summed E-state index contributed by atoms with van der Waals surface area (Å²) in [5.41, 5.74) is 1.44. The van der Waals surface area contributed by atoms with E-state index < -0.39 is 0 Å². The fraction of sp³-hybridized carbons (Fsp3) is 0.385. The maximum Gasteiger partial charge on any atom is 0.231 e. The molecule has 1 aromatic carbocycles. The van der Waals surface area contributed by atoms with Gasteiger partial charge in [-0.25, -0.2) is 0 Å². The van der Waals surface area contributed by atoms with Gasteiger partial charge >= 0.3 is 0 Å². The van der Waals surface area contributed by atoms with Gasteiger partial charge in [0.05, 0.1) is 22.8 Å². The Morgan fingerprint density at radius 2 is 2.39 bits per heavy atom. The summed E-state index contributed by atoms with van der Waals surface area (Å²) in [4.78, 5) is 12.3. The lowest BCUT2D eigenvalue weighted by molar-refractivity contribution is -0.123. The van der Waals surface area contributed by atoms with Crippen LogP contribution in [0.1, 0.15) is 13.3 Å². The molecule has 1 aliphatic rings. The maximum absolute atomic E-state index is 12.3. The number of nitrogens with one attached hydrogen (secondary N) is 3. The van der Waals surface area contributed by atoms with E-state index in [9.17, 15) is 4.79 Å². The van der Waals surface area contributed by atoms with E-state index in [0.717, 1.165) is 36.1 Å². The van der Waals surface area contributed by atoms with E-state index in [1.807, 2.05) is 25.1 Å². The number of hydrogen-bond acceptors (Lipinski definition) is 3. The van der Waals surface area contributed by atoms with Crippen LogP contribution in [-0.4, -0.2) is 29.2 Å². The van der Waals surface area contributed by atoms with Crippen LogP contribution in [0.4, 0.5) is 5.69 Å². The fourth-order valence-electron chi connectivity index (χ4n) is 2.36. The molecule has 0 saturated carbocycles. The molecule has 0 radical (unpaired) electrons. The summed E-state index contributed by atoms with van der Waals surface area (Å²) in [6.07, 6.45) is 2.61. The number of rotatable bonds is 2. The van der Waals surface area contributed by atoms with E-state index in [0.29, 0.717) is 0 Å². The summed E-state index contributed by atoms with van der Waals surface area (Å²) in [6, 6.07) is 5.75. The average Bonchev–Trinajstić information content (AvgIpc) is 2.98. The number of aromatic amines is 1. The summed E-state index contributed by atoms with van der Waals surface area (Å²) in [5, 5.41) is 14.1. The summed E-state index contributed by atoms with van der Waals surface area (Å²) in [7, 11) is 0. The van der Waals surface area contributed by atoms with E-state index >= 15 is 0 Å². The molecule has 1 aliphatic heterocycles. The Balaban J connectivity index is 1.88. The molecule has 18 heavy (non-hydrogen) atoms. The quantitative estimate of drug-likeness (QED) is 0.749. The van der Waals surface area contributed by atoms with Gasteiger partial charge in [-0.3, -0.25) is 9.89 Å². The number of carbonyl (C=O) groups excluding carboxylic acids is 1. The first-order valence-electron chi connectivity index (χ1n) is 6.13. The van der Waals surface area contributed by atoms with Gasteiger partial charge in [0.15, 0.2) is 0 Å². The second kappa shape index (κ2) is 4.10. The van der Waals surface area contributed by atoms with Crippen LogP contribution >= 0.6 is 0 Å². The van der Waals surface area contributed by atoms with Crippen LogP contribution in [0.5, 0.6) is 0 Å². The molecular weight excluding hydrogens is 228 g/mol. The number of amides is 1. The van der Waals surface area contributed by atoms with Crippen LogP contribution in [0.15, 0.2) is 24.4 Å². The number of nitrogens with zero attached hydrogens (tertiary/aromatic N) is 1. The van der Waals surface area contributed by atoms with Gasteiger partial charge in [0.2, 0.25) is 5.91 Å². The van der Waals surface area contributed by atoms with Crippen molar-refractivity contribution in [2.75, 3.05) is 18.4 Å². The van der Waals surface area contributed by atoms with E-state index in [4.69, 9.17) is 0 Å². The van der Waals surface area contributed by atoms with Gasteiger partial charge in [-0.2, -0.15) is 5.10 Å². The monoisotopic (exact) mass is 244 g/mol. The molecule has 2 heterocycles. The largest absolute Gasteiger partial charge is 0.325 e. The summed E-state index contributed by atoms with van der Waals surface area (Å²) < 4.78 is 0. The van der Waals surface area contributed by atoms with Crippen LogP contribution in [0.25, 0.3) is 10.9 Å². The van der Waals surface area contributed by atoms with Crippen molar-refractivity contribution < 1.29 is 4.79 Å². The standard InChI is InChI=1S/C13H16N4O/c1-13(5-6-14-8-13)12(18)16-10-3-2-4-11-9(10)7-15-17-11/h2-4,7,14H,5-6,8H2,1H3,(H,15,17)(H,16,18). The topological polar surface area (TPSA) is 69.8 Å². The van der Waals surface area contributed by atoms with Crippen molar-refractivity contribution in [3.63, 3.8) is 0 Å². The molecule has 1 amide bonds. The number of aromatic nitrogens is 2. The maximum atomic E-state index is 12.3. The highest BCUT2D eigenvalue weighted by Crippen LogP contribution is 2.28. The van der Waals surface area contributed by atoms with E-state index in [1.54, 1.807) is 6.20 Å². The predicted molar refractivity (Wildman–Crippen MR) is 70.3 cm³/mol. The van der Waals surface area contributed by atoms with Gasteiger partial charge in [0, 0.05) is 11.9 Å². The molecule has 94 valence electrons. The number of carbonyl (C=O) groups is 1. The molecule has 0 aliphatic carbocycles. The van der Waals surface area contributed by atoms with Crippen molar-refractivity contribution in [3.8, 4) is 0 Å². The van der Waals surface area contributed by atoms with E-state index in [-0.39, 0.29) is 11.3 Å². The van der Waals surface area contributed by atoms with Crippen LogP contribution < -0.4 is 10.6 Å². The number of anilines is 1. The van der Waals surface area contributed by atoms with E-state index in [1.165, 1.54) is 0 Å². The lowest BCUT2D eigenvalue weighted by Gasteiger charge is -2.21. The smallest absolute Gasteiger partial charge is 0.231 e. The van der Waals surface area contributed by atoms with Crippen LogP contribution in [0, 0.1) is 5.41 Å². The molecule has 1 unspecified atom stereocenters. The van der Waals surface area contributed by atoms with Gasteiger partial charge in [-0.05, 0) is 32.0 Å². The molecule has 5 nitrogen and oxygen atoms in total. The third kappa shape index (κ3) is 1.76. The van der Waals surface area contributed by atoms with Gasteiger partial charge in [0.1, 0.15) is 0 Å². The minimum atomic E-state index is -0.314. The normalized spacial score (nSPS) is 23.4. The molecule has 3 rings (SSSR count). The summed E-state index contributed by atoms with van der Waals surface area (Å²) >= 11 is 0. The summed E-state index contributed by atoms with van der Waals surface area (Å²) in [5.74, 6) is 0.0706. The van der Waals surface area contributed by atoms with Crippen molar-refractivity contribution in [2.24, 2.45) is 5.41 Å². The number of benzene rings is 1. The first-order chi connectivity index (χ1) is 8.69. The molecule has 3 N–H and O–H groups in total. The minimum Gasteiger partial charge on any atom is -0.325 e. The first kappa shape index (κ1) is 11.2. The Labute approximate surface area is 105 Å². The van der Waals surface area contributed by atoms with Crippen molar-refractivity contribution in [1.29, 1.82) is 0 Å². The third-order valence-corrected chi connectivity index (χ3v) is 3.65. The Kier molecular flexibility index (Phi) is 2.56. The Bertz CT molecular complexity index is 583. The van der Waals surface area contributed by atoms with Crippen molar-refractivity contribution in [3.05, 3.63) is 24.4 Å². The molecule has 1 atom stereocenters. The molecule has 0 bridgehead atoms. The summed E-state index contributed by atoms with van der Waals surface area (Å²) in [6.45, 7) is 3.64. The second-order valence-corrected chi connectivity index (χ2v) is 5.08. The molecule has 2 aromatic rings. The molecule has 1 aromatic heterocycles. The third-order valence-electron chi connectivity index (χ3n) is 3.65. The highest BCUT2D eigenvalue weighted by Gasteiger charge is 2.36. The van der Waals surface area contributed by atoms with Crippen LogP contribution in [-0.2, 0) is 4.79 Å². The van der Waals surface area contributed by atoms with Gasteiger partial charge in [-0.1, -0.05) is 6.07 Å². The minimum absolute atomic E-state index is 0.0706. The van der Waals surface area contributed by atoms with Gasteiger partial charge in [0.25, 0.3) is 0 Å². The number of hydrogen-bond donors (Lipinski definition) is 3. The van der Waals surface area contributed by atoms with Crippen molar-refractivity contribution in [2.45, 2.75) is 13.3 Å². The second-order valence-electron chi connectivity index (χ2n) is 5.08. The van der Waals surface area contributed by atoms with Gasteiger partial charge < -0.3 is 10.6 Å². The predicted octanol–water partition coefficient (Wildman–Crippen LogP) is 1.50. The zero-order valence-electron chi connectivity index (χ0n) is 10.3. The molecule has 1 fully saturated rings. The first-order valence-corrected chi connectivity index (χ1v) is 6.13. The molecule has 0 spiro atoms. The fourth-order valence-corrected chi connectivity index (χ4v) is 2.36. The van der Waals surface area contributed by atoms with E-state index in [2.05, 4.69) is 20.8 Å². The Hall–Kier alpha value is -1.88. The lowest BCUT2D eigenvalue weighted by Crippen LogP contribution is -2.35. The zero-order valence-corrected chi connectivity index (χ0v) is 10.3.